The van der Waals surface area contributed by atoms with Gasteiger partial charge in [-0.1, -0.05) is 56.3 Å². The van der Waals surface area contributed by atoms with Gasteiger partial charge < -0.3 is 20.3 Å². The van der Waals surface area contributed by atoms with Crippen molar-refractivity contribution in [2.24, 2.45) is 23.5 Å². The highest BCUT2D eigenvalue weighted by molar-refractivity contribution is 7.89. The van der Waals surface area contributed by atoms with Crippen LogP contribution in [0.1, 0.15) is 50.7 Å². The number of sulfonamides is 1. The van der Waals surface area contributed by atoms with Gasteiger partial charge in [-0.3, -0.25) is 4.79 Å². The van der Waals surface area contributed by atoms with Crippen LogP contribution in [0, 0.1) is 17.8 Å². The van der Waals surface area contributed by atoms with Crippen molar-refractivity contribution in [3.8, 4) is 0 Å². The molecular formula is C30H42N2O6S. The highest BCUT2D eigenvalue weighted by Crippen LogP contribution is 2.37. The molecule has 2 aliphatic rings. The minimum absolute atomic E-state index is 0.00349. The van der Waals surface area contributed by atoms with E-state index in [0.29, 0.717) is 25.3 Å². The van der Waals surface area contributed by atoms with Crippen molar-refractivity contribution in [3.63, 3.8) is 0 Å². The molecule has 9 heteroatoms. The molecule has 39 heavy (non-hydrogen) atoms. The SMILES string of the molecule is CC(C)CN(C[C@@H](O)[C@@H](CC(=O)OC1CC2CCO[C@@H]2C1)Cc1ccccc1)S(=O)(=O)c1ccc(CN)cc1. The van der Waals surface area contributed by atoms with Gasteiger partial charge in [0.15, 0.2) is 0 Å². The van der Waals surface area contributed by atoms with Crippen molar-refractivity contribution in [2.75, 3.05) is 19.7 Å². The van der Waals surface area contributed by atoms with Crippen molar-refractivity contribution in [1.29, 1.82) is 0 Å². The van der Waals surface area contributed by atoms with E-state index in [1.54, 1.807) is 24.3 Å². The number of benzene rings is 2. The molecule has 0 radical (unpaired) electrons. The van der Waals surface area contributed by atoms with Gasteiger partial charge in [-0.15, -0.1) is 0 Å². The number of aliphatic hydroxyl groups excluding tert-OH is 1. The molecule has 0 aromatic heterocycles. The van der Waals surface area contributed by atoms with Gasteiger partial charge in [-0.25, -0.2) is 8.42 Å². The molecule has 0 amide bonds. The van der Waals surface area contributed by atoms with Crippen LogP contribution in [0.25, 0.3) is 0 Å². The van der Waals surface area contributed by atoms with E-state index >= 15 is 0 Å². The lowest BCUT2D eigenvalue weighted by Crippen LogP contribution is -2.43. The summed E-state index contributed by atoms with van der Waals surface area (Å²) in [6.45, 7) is 5.09. The summed E-state index contributed by atoms with van der Waals surface area (Å²) < 4.78 is 40.1. The van der Waals surface area contributed by atoms with Crippen LogP contribution in [0.3, 0.4) is 0 Å². The zero-order valence-electron chi connectivity index (χ0n) is 22.9. The normalized spacial score (nSPS) is 22.7. The Hall–Kier alpha value is -2.30. The van der Waals surface area contributed by atoms with E-state index in [1.165, 1.54) is 4.31 Å². The van der Waals surface area contributed by atoms with E-state index in [0.717, 1.165) is 30.6 Å². The number of esters is 1. The quantitative estimate of drug-likeness (QED) is 0.361. The van der Waals surface area contributed by atoms with Crippen molar-refractivity contribution in [1.82, 2.24) is 4.31 Å². The predicted octanol–water partition coefficient (Wildman–Crippen LogP) is 3.51. The van der Waals surface area contributed by atoms with E-state index in [2.05, 4.69) is 0 Å². The number of nitrogens with two attached hydrogens (primary N) is 1. The van der Waals surface area contributed by atoms with Gasteiger partial charge in [-0.05, 0) is 54.4 Å². The third kappa shape index (κ3) is 7.89. The Kier molecular flexibility index (Phi) is 10.2. The number of hydrogen-bond acceptors (Lipinski definition) is 7. The lowest BCUT2D eigenvalue weighted by atomic mass is 9.90. The van der Waals surface area contributed by atoms with Crippen LogP contribution < -0.4 is 5.73 Å². The summed E-state index contributed by atoms with van der Waals surface area (Å²) in [5, 5.41) is 11.4. The van der Waals surface area contributed by atoms with Crippen molar-refractivity contribution < 1.29 is 27.8 Å². The zero-order valence-corrected chi connectivity index (χ0v) is 23.8. The van der Waals surface area contributed by atoms with Gasteiger partial charge in [0.1, 0.15) is 6.10 Å². The Morgan fingerprint density at radius 2 is 1.79 bits per heavy atom. The molecular weight excluding hydrogens is 516 g/mol. The van der Waals surface area contributed by atoms with Crippen LogP contribution in [-0.2, 0) is 37.3 Å². The Balaban J connectivity index is 1.49. The number of aliphatic hydroxyl groups is 1. The number of fused-ring (bicyclic) bond motifs is 1. The Labute approximate surface area is 232 Å². The molecule has 2 aromatic carbocycles. The van der Waals surface area contributed by atoms with Gasteiger partial charge in [0.05, 0.1) is 23.5 Å². The van der Waals surface area contributed by atoms with Crippen LogP contribution in [0.5, 0.6) is 0 Å². The lowest BCUT2D eigenvalue weighted by molar-refractivity contribution is -0.151. The molecule has 1 saturated heterocycles. The van der Waals surface area contributed by atoms with Crippen molar-refractivity contribution in [2.45, 2.75) is 75.7 Å². The zero-order chi connectivity index (χ0) is 28.0. The van der Waals surface area contributed by atoms with Crippen molar-refractivity contribution in [3.05, 3.63) is 65.7 Å². The largest absolute Gasteiger partial charge is 0.462 e. The first-order chi connectivity index (χ1) is 18.7. The number of carbonyl (C=O) groups is 1. The van der Waals surface area contributed by atoms with Crippen LogP contribution >= 0.6 is 0 Å². The van der Waals surface area contributed by atoms with E-state index in [9.17, 15) is 18.3 Å². The molecule has 0 bridgehead atoms. The maximum absolute atomic E-state index is 13.6. The summed E-state index contributed by atoms with van der Waals surface area (Å²) in [6.07, 6.45) is 1.89. The molecule has 1 aliphatic heterocycles. The standard InChI is InChI=1S/C30H42N2O6S/c1-21(2)19-32(39(35,36)27-10-8-23(18-31)9-11-27)20-28(33)25(14-22-6-4-3-5-7-22)16-30(34)38-26-15-24-12-13-37-29(24)17-26/h3-11,21,24-26,28-29,33H,12-20,31H2,1-2H3/t24?,25-,26?,28-,29-/m1/s1. The molecule has 8 nitrogen and oxygen atoms in total. The second-order valence-corrected chi connectivity index (χ2v) is 13.3. The monoisotopic (exact) mass is 558 g/mol. The second kappa shape index (κ2) is 13.4. The topological polar surface area (TPSA) is 119 Å². The first-order valence-electron chi connectivity index (χ1n) is 14.0. The van der Waals surface area contributed by atoms with Gasteiger partial charge in [0, 0.05) is 38.6 Å². The molecule has 1 aliphatic carbocycles. The highest BCUT2D eigenvalue weighted by Gasteiger charge is 2.40. The summed E-state index contributed by atoms with van der Waals surface area (Å²) in [6, 6.07) is 16.1. The highest BCUT2D eigenvalue weighted by atomic mass is 32.2. The first-order valence-corrected chi connectivity index (χ1v) is 15.4. The molecule has 2 fully saturated rings. The van der Waals surface area contributed by atoms with E-state index < -0.39 is 22.0 Å². The smallest absolute Gasteiger partial charge is 0.306 e. The van der Waals surface area contributed by atoms with Gasteiger partial charge in [-0.2, -0.15) is 4.31 Å². The third-order valence-electron chi connectivity index (χ3n) is 7.78. The Morgan fingerprint density at radius 1 is 1.08 bits per heavy atom. The average Bonchev–Trinajstić information content (AvgIpc) is 3.50. The molecule has 4 rings (SSSR count). The van der Waals surface area contributed by atoms with Crippen LogP contribution in [0.2, 0.25) is 0 Å². The molecule has 1 saturated carbocycles. The summed E-state index contributed by atoms with van der Waals surface area (Å²) in [5.41, 5.74) is 7.48. The van der Waals surface area contributed by atoms with Crippen LogP contribution in [0.4, 0.5) is 0 Å². The average molecular weight is 559 g/mol. The number of nitrogens with zero attached hydrogens (tertiary/aromatic N) is 1. The molecule has 5 atom stereocenters. The van der Waals surface area contributed by atoms with E-state index in [4.69, 9.17) is 15.2 Å². The fraction of sp³-hybridized carbons (Fsp3) is 0.567. The summed E-state index contributed by atoms with van der Waals surface area (Å²) in [7, 11) is -3.88. The molecule has 3 N–H and O–H groups in total. The van der Waals surface area contributed by atoms with Gasteiger partial charge in [0.2, 0.25) is 10.0 Å². The van der Waals surface area contributed by atoms with Crippen LogP contribution in [-0.4, -0.2) is 61.8 Å². The minimum atomic E-state index is -3.88. The molecule has 2 unspecified atom stereocenters. The molecule has 214 valence electrons. The molecule has 1 heterocycles. The third-order valence-corrected chi connectivity index (χ3v) is 9.62. The van der Waals surface area contributed by atoms with Gasteiger partial charge >= 0.3 is 5.97 Å². The maximum Gasteiger partial charge on any atom is 0.306 e. The van der Waals surface area contributed by atoms with Crippen LogP contribution in [0.15, 0.2) is 59.5 Å². The summed E-state index contributed by atoms with van der Waals surface area (Å²) in [4.78, 5) is 13.2. The van der Waals surface area contributed by atoms with E-state index in [1.807, 2.05) is 44.2 Å². The number of carbonyl (C=O) groups excluding carboxylic acids is 1. The molecule has 2 aromatic rings. The lowest BCUT2D eigenvalue weighted by Gasteiger charge is -2.30. The molecule has 0 spiro atoms. The maximum atomic E-state index is 13.6. The van der Waals surface area contributed by atoms with Gasteiger partial charge in [0.25, 0.3) is 0 Å². The summed E-state index contributed by atoms with van der Waals surface area (Å²) >= 11 is 0. The number of hydrogen-bond donors (Lipinski definition) is 2. The number of rotatable bonds is 13. The van der Waals surface area contributed by atoms with Crippen molar-refractivity contribution >= 4 is 16.0 Å². The predicted molar refractivity (Wildman–Crippen MR) is 149 cm³/mol. The Bertz CT molecular complexity index is 1160. The fourth-order valence-corrected chi connectivity index (χ4v) is 7.33. The fourth-order valence-electron chi connectivity index (χ4n) is 5.70. The number of ether oxygens (including phenoxy) is 2. The first kappa shape index (κ1) is 29.7. The second-order valence-electron chi connectivity index (χ2n) is 11.3. The van der Waals surface area contributed by atoms with E-state index in [-0.39, 0.29) is 48.5 Å². The Morgan fingerprint density at radius 3 is 2.44 bits per heavy atom. The minimum Gasteiger partial charge on any atom is -0.462 e. The summed E-state index contributed by atoms with van der Waals surface area (Å²) in [5.74, 6) is -0.392.